The molecule has 0 aromatic rings. The summed E-state index contributed by atoms with van der Waals surface area (Å²) in [6.45, 7) is 3.62. The summed E-state index contributed by atoms with van der Waals surface area (Å²) in [5.74, 6) is -5.43. The van der Waals surface area contributed by atoms with Crippen LogP contribution in [0.25, 0.3) is 0 Å². The number of carboxylic acids is 2. The smallest absolute Gasteiger partial charge is 0.327 e. The number of nitrogens with two attached hydrogens (primary N) is 3. The van der Waals surface area contributed by atoms with Crippen LogP contribution in [-0.2, 0) is 24.0 Å². The summed E-state index contributed by atoms with van der Waals surface area (Å²) < 4.78 is 0. The highest BCUT2D eigenvalue weighted by Crippen LogP contribution is 2.06. The van der Waals surface area contributed by atoms with E-state index in [1.807, 2.05) is 0 Å². The van der Waals surface area contributed by atoms with Crippen LogP contribution in [-0.4, -0.2) is 82.3 Å². The number of thiol groups is 1. The van der Waals surface area contributed by atoms with Gasteiger partial charge in [-0.3, -0.25) is 24.2 Å². The van der Waals surface area contributed by atoms with Crippen LogP contribution in [0.3, 0.4) is 0 Å². The third kappa shape index (κ3) is 12.2. The van der Waals surface area contributed by atoms with Gasteiger partial charge in [0.25, 0.3) is 0 Å². The van der Waals surface area contributed by atoms with Crippen molar-refractivity contribution in [3.8, 4) is 0 Å². The number of nitrogens with one attached hydrogen (secondary N) is 3. The van der Waals surface area contributed by atoms with Crippen LogP contribution in [0.15, 0.2) is 4.99 Å². The summed E-state index contributed by atoms with van der Waals surface area (Å²) in [6, 6.07) is -4.75. The number of carbonyl (C=O) groups excluding carboxylic acids is 3. The first-order valence-electron chi connectivity index (χ1n) is 10.6. The van der Waals surface area contributed by atoms with Gasteiger partial charge in [0.1, 0.15) is 18.1 Å². The SMILES string of the molecule is CC(C)C(N)C(=O)NC(CCCN=C(N)N)C(=O)NC(CCC(=O)O)C(=O)NC(CS)C(=O)O. The molecule has 0 aliphatic heterocycles. The van der Waals surface area contributed by atoms with Crippen molar-refractivity contribution in [2.45, 2.75) is 63.7 Å². The fourth-order valence-corrected chi connectivity index (χ4v) is 2.86. The molecule has 0 fully saturated rings. The van der Waals surface area contributed by atoms with Crippen molar-refractivity contribution in [2.24, 2.45) is 28.1 Å². The fourth-order valence-electron chi connectivity index (χ4n) is 2.61. The molecule has 0 saturated carbocycles. The van der Waals surface area contributed by atoms with Crippen molar-refractivity contribution in [1.29, 1.82) is 0 Å². The summed E-state index contributed by atoms with van der Waals surface area (Å²) >= 11 is 3.86. The lowest BCUT2D eigenvalue weighted by Crippen LogP contribution is -2.57. The minimum atomic E-state index is -1.37. The predicted molar refractivity (Wildman–Crippen MR) is 127 cm³/mol. The fraction of sp³-hybridized carbons (Fsp3) is 0.684. The normalized spacial score (nSPS) is 14.3. The summed E-state index contributed by atoms with van der Waals surface area (Å²) in [4.78, 5) is 63.9. The molecule has 0 aromatic heterocycles. The molecule has 0 saturated heterocycles. The second kappa shape index (κ2) is 15.7. The molecule has 0 radical (unpaired) electrons. The van der Waals surface area contributed by atoms with E-state index in [2.05, 4.69) is 33.6 Å². The molecule has 4 atom stereocenters. The zero-order valence-corrected chi connectivity index (χ0v) is 20.1. The van der Waals surface area contributed by atoms with Gasteiger partial charge in [-0.1, -0.05) is 13.8 Å². The molecule has 0 aliphatic rings. The number of aliphatic carboxylic acids is 2. The molecule has 0 aromatic carbocycles. The Kier molecular flexibility index (Phi) is 14.3. The monoisotopic (exact) mass is 505 g/mol. The summed E-state index contributed by atoms with van der Waals surface area (Å²) in [5.41, 5.74) is 16.4. The van der Waals surface area contributed by atoms with E-state index in [1.54, 1.807) is 13.8 Å². The second-order valence-electron chi connectivity index (χ2n) is 7.86. The molecular weight excluding hydrogens is 470 g/mol. The Balaban J connectivity index is 5.58. The van der Waals surface area contributed by atoms with Crippen molar-refractivity contribution in [2.75, 3.05) is 12.3 Å². The number of carboxylic acid groups (broad SMARTS) is 2. The van der Waals surface area contributed by atoms with Crippen molar-refractivity contribution in [3.05, 3.63) is 0 Å². The highest BCUT2D eigenvalue weighted by atomic mass is 32.1. The minimum absolute atomic E-state index is 0.0842. The quantitative estimate of drug-likeness (QED) is 0.0456. The average molecular weight is 506 g/mol. The largest absolute Gasteiger partial charge is 0.481 e. The van der Waals surface area contributed by atoms with E-state index in [0.717, 1.165) is 0 Å². The van der Waals surface area contributed by atoms with E-state index in [9.17, 15) is 24.0 Å². The minimum Gasteiger partial charge on any atom is -0.481 e. The summed E-state index contributed by atoms with van der Waals surface area (Å²) in [5, 5.41) is 25.2. The Morgan fingerprint density at radius 3 is 1.82 bits per heavy atom. The molecule has 3 amide bonds. The Morgan fingerprint density at radius 2 is 1.38 bits per heavy atom. The van der Waals surface area contributed by atoms with Gasteiger partial charge in [-0.15, -0.1) is 0 Å². The van der Waals surface area contributed by atoms with Gasteiger partial charge in [0, 0.05) is 18.7 Å². The van der Waals surface area contributed by atoms with E-state index in [1.165, 1.54) is 0 Å². The van der Waals surface area contributed by atoms with E-state index in [4.69, 9.17) is 27.4 Å². The first kappa shape index (κ1) is 30.9. The van der Waals surface area contributed by atoms with Gasteiger partial charge in [0.15, 0.2) is 5.96 Å². The third-order valence-electron chi connectivity index (χ3n) is 4.68. The maximum atomic E-state index is 12.9. The molecule has 0 rings (SSSR count). The van der Waals surface area contributed by atoms with Crippen LogP contribution in [0.4, 0.5) is 0 Å². The summed E-state index contributed by atoms with van der Waals surface area (Å²) in [6.07, 6.45) is -0.413. The lowest BCUT2D eigenvalue weighted by molar-refractivity contribution is -0.142. The first-order valence-corrected chi connectivity index (χ1v) is 11.2. The topological polar surface area (TPSA) is 252 Å². The zero-order chi connectivity index (χ0) is 26.4. The van der Waals surface area contributed by atoms with E-state index in [0.29, 0.717) is 6.42 Å². The Morgan fingerprint density at radius 1 is 0.882 bits per heavy atom. The molecule has 0 bridgehead atoms. The van der Waals surface area contributed by atoms with Crippen molar-refractivity contribution in [3.63, 3.8) is 0 Å². The number of amides is 3. The highest BCUT2D eigenvalue weighted by molar-refractivity contribution is 7.80. The van der Waals surface area contributed by atoms with Crippen molar-refractivity contribution < 1.29 is 34.2 Å². The van der Waals surface area contributed by atoms with Gasteiger partial charge < -0.3 is 43.4 Å². The second-order valence-corrected chi connectivity index (χ2v) is 8.22. The van der Waals surface area contributed by atoms with Gasteiger partial charge in [-0.05, 0) is 25.2 Å². The van der Waals surface area contributed by atoms with Crippen molar-refractivity contribution >= 4 is 48.2 Å². The molecule has 34 heavy (non-hydrogen) atoms. The Hall–Kier alpha value is -3.07. The number of hydrogen-bond donors (Lipinski definition) is 9. The zero-order valence-electron chi connectivity index (χ0n) is 19.2. The summed E-state index contributed by atoms with van der Waals surface area (Å²) in [7, 11) is 0. The maximum absolute atomic E-state index is 12.9. The number of hydrogen-bond acceptors (Lipinski definition) is 8. The van der Waals surface area contributed by atoms with Gasteiger partial charge in [-0.25, -0.2) is 4.79 Å². The van der Waals surface area contributed by atoms with E-state index >= 15 is 0 Å². The third-order valence-corrected chi connectivity index (χ3v) is 5.04. The number of carbonyl (C=O) groups is 5. The van der Waals surface area contributed by atoms with E-state index < -0.39 is 60.2 Å². The predicted octanol–water partition coefficient (Wildman–Crippen LogP) is -2.64. The van der Waals surface area contributed by atoms with E-state index in [-0.39, 0.29) is 37.0 Å². The van der Waals surface area contributed by atoms with Crippen LogP contribution >= 0.6 is 12.6 Å². The van der Waals surface area contributed by atoms with Crippen LogP contribution in [0.5, 0.6) is 0 Å². The molecule has 0 spiro atoms. The standard InChI is InChI=1S/C19H35N7O7S/c1-9(2)14(20)17(31)25-10(4-3-7-23-19(21)22)15(29)24-11(5-6-13(27)28)16(30)26-12(8-34)18(32)33/h9-12,14,34H,3-8,20H2,1-2H3,(H,24,29)(H,25,31)(H,26,30)(H,27,28)(H,32,33)(H4,21,22,23). The number of rotatable bonds is 16. The maximum Gasteiger partial charge on any atom is 0.327 e. The lowest BCUT2D eigenvalue weighted by Gasteiger charge is -2.25. The van der Waals surface area contributed by atoms with Crippen LogP contribution in [0.1, 0.15) is 39.5 Å². The van der Waals surface area contributed by atoms with Crippen LogP contribution < -0.4 is 33.2 Å². The van der Waals surface area contributed by atoms with Gasteiger partial charge in [-0.2, -0.15) is 12.6 Å². The lowest BCUT2D eigenvalue weighted by atomic mass is 10.0. The molecule has 15 heteroatoms. The van der Waals surface area contributed by atoms with Gasteiger partial charge >= 0.3 is 11.9 Å². The first-order chi connectivity index (χ1) is 15.8. The molecule has 11 N–H and O–H groups in total. The molecule has 194 valence electrons. The Labute approximate surface area is 202 Å². The number of nitrogens with zero attached hydrogens (tertiary/aromatic N) is 1. The molecule has 0 aliphatic carbocycles. The number of aliphatic imine (C=N–C) groups is 1. The molecule has 14 nitrogen and oxygen atoms in total. The molecule has 0 heterocycles. The van der Waals surface area contributed by atoms with Crippen LogP contribution in [0, 0.1) is 5.92 Å². The molecular formula is C19H35N7O7S. The number of guanidine groups is 1. The Bertz CT molecular complexity index is 759. The highest BCUT2D eigenvalue weighted by Gasteiger charge is 2.30. The van der Waals surface area contributed by atoms with Gasteiger partial charge in [0.05, 0.1) is 6.04 Å². The molecule has 4 unspecified atom stereocenters. The van der Waals surface area contributed by atoms with Gasteiger partial charge in [0.2, 0.25) is 17.7 Å². The van der Waals surface area contributed by atoms with Crippen LogP contribution in [0.2, 0.25) is 0 Å². The van der Waals surface area contributed by atoms with Crippen molar-refractivity contribution in [1.82, 2.24) is 16.0 Å². The average Bonchev–Trinajstić information content (AvgIpc) is 2.75.